The second-order valence-corrected chi connectivity index (χ2v) is 5.96. The van der Waals surface area contributed by atoms with E-state index in [9.17, 15) is 0 Å². The maximum absolute atomic E-state index is 5.91. The van der Waals surface area contributed by atoms with Gasteiger partial charge >= 0.3 is 0 Å². The number of nitrogens with one attached hydrogen (secondary N) is 1. The summed E-state index contributed by atoms with van der Waals surface area (Å²) in [7, 11) is 4.12. The van der Waals surface area contributed by atoms with Crippen LogP contribution in [-0.2, 0) is 0 Å². The van der Waals surface area contributed by atoms with E-state index in [2.05, 4.69) is 58.5 Å². The van der Waals surface area contributed by atoms with Crippen LogP contribution in [0, 0.1) is 0 Å². The molecule has 1 fully saturated rings. The van der Waals surface area contributed by atoms with Crippen molar-refractivity contribution in [2.24, 2.45) is 0 Å². The summed E-state index contributed by atoms with van der Waals surface area (Å²) in [6.07, 6.45) is 3.51. The molecule has 1 saturated heterocycles. The van der Waals surface area contributed by atoms with Crippen molar-refractivity contribution < 1.29 is 4.74 Å². The third kappa shape index (κ3) is 3.93. The molecule has 2 heterocycles. The summed E-state index contributed by atoms with van der Waals surface area (Å²) in [4.78, 5) is 8.63. The lowest BCUT2D eigenvalue weighted by Gasteiger charge is -2.38. The van der Waals surface area contributed by atoms with Crippen molar-refractivity contribution in [2.75, 3.05) is 50.1 Å². The second-order valence-electron chi connectivity index (χ2n) is 5.96. The molecule has 122 valence electrons. The van der Waals surface area contributed by atoms with E-state index in [1.807, 2.05) is 12.1 Å². The molecule has 1 atom stereocenters. The van der Waals surface area contributed by atoms with Crippen molar-refractivity contribution in [3.05, 3.63) is 48.8 Å². The van der Waals surface area contributed by atoms with Gasteiger partial charge in [-0.2, -0.15) is 0 Å². The minimum absolute atomic E-state index is 0.314. The van der Waals surface area contributed by atoms with Crippen molar-refractivity contribution >= 4 is 11.4 Å². The lowest BCUT2D eigenvalue weighted by molar-refractivity contribution is 0.266. The molecule has 3 rings (SSSR count). The molecule has 0 saturated carbocycles. The number of piperazine rings is 1. The van der Waals surface area contributed by atoms with E-state index < -0.39 is 0 Å². The van der Waals surface area contributed by atoms with Gasteiger partial charge in [-0.25, -0.2) is 0 Å². The van der Waals surface area contributed by atoms with E-state index in [4.69, 9.17) is 4.74 Å². The number of rotatable bonds is 5. The first-order valence-corrected chi connectivity index (χ1v) is 8.01. The molecule has 0 amide bonds. The zero-order valence-corrected chi connectivity index (χ0v) is 13.8. The van der Waals surface area contributed by atoms with Crippen LogP contribution in [0.5, 0.6) is 5.75 Å². The van der Waals surface area contributed by atoms with Crippen LogP contribution in [0.4, 0.5) is 11.4 Å². The number of aromatic nitrogens is 1. The summed E-state index contributed by atoms with van der Waals surface area (Å²) >= 11 is 0. The summed E-state index contributed by atoms with van der Waals surface area (Å²) in [5, 5.41) is 3.45. The van der Waals surface area contributed by atoms with E-state index in [1.54, 1.807) is 12.4 Å². The van der Waals surface area contributed by atoms with Gasteiger partial charge in [0.15, 0.2) is 0 Å². The molecular formula is C18H24N4O. The van der Waals surface area contributed by atoms with Gasteiger partial charge in [0.2, 0.25) is 0 Å². The monoisotopic (exact) mass is 312 g/mol. The average Bonchev–Trinajstić information content (AvgIpc) is 2.61. The Morgan fingerprint density at radius 3 is 2.78 bits per heavy atom. The molecule has 23 heavy (non-hydrogen) atoms. The summed E-state index contributed by atoms with van der Waals surface area (Å²) in [6.45, 7) is 3.56. The van der Waals surface area contributed by atoms with Crippen LogP contribution in [0.1, 0.15) is 0 Å². The van der Waals surface area contributed by atoms with E-state index >= 15 is 0 Å². The van der Waals surface area contributed by atoms with Crippen LogP contribution in [0.25, 0.3) is 0 Å². The normalized spacial score (nSPS) is 17.8. The molecule has 1 unspecified atom stereocenters. The predicted molar refractivity (Wildman–Crippen MR) is 94.5 cm³/mol. The lowest BCUT2D eigenvalue weighted by Crippen LogP contribution is -2.54. The molecule has 1 aromatic heterocycles. The number of benzene rings is 1. The quantitative estimate of drug-likeness (QED) is 0.914. The van der Waals surface area contributed by atoms with Crippen LogP contribution >= 0.6 is 0 Å². The van der Waals surface area contributed by atoms with Gasteiger partial charge in [0.25, 0.3) is 0 Å². The van der Waals surface area contributed by atoms with Gasteiger partial charge in [0.05, 0.1) is 12.2 Å². The number of ether oxygens (including phenoxy) is 1. The maximum Gasteiger partial charge on any atom is 0.137 e. The average molecular weight is 312 g/mol. The molecule has 1 N–H and O–H groups in total. The third-order valence-corrected chi connectivity index (χ3v) is 4.12. The molecule has 5 nitrogen and oxygen atoms in total. The molecule has 5 heteroatoms. The van der Waals surface area contributed by atoms with E-state index in [0.29, 0.717) is 12.6 Å². The minimum atomic E-state index is 0.314. The van der Waals surface area contributed by atoms with Crippen LogP contribution in [0.2, 0.25) is 0 Å². The van der Waals surface area contributed by atoms with Gasteiger partial charge in [-0.3, -0.25) is 4.98 Å². The van der Waals surface area contributed by atoms with Crippen LogP contribution in [-0.4, -0.2) is 51.4 Å². The molecule has 0 spiro atoms. The summed E-state index contributed by atoms with van der Waals surface area (Å²) in [6, 6.07) is 12.9. The highest BCUT2D eigenvalue weighted by Gasteiger charge is 2.23. The first-order valence-electron chi connectivity index (χ1n) is 8.01. The Bertz CT molecular complexity index is 600. The van der Waals surface area contributed by atoms with Gasteiger partial charge in [-0.05, 0) is 36.4 Å². The number of hydrogen-bond acceptors (Lipinski definition) is 5. The highest BCUT2D eigenvalue weighted by molar-refractivity contribution is 5.56. The summed E-state index contributed by atoms with van der Waals surface area (Å²) in [5.41, 5.74) is 2.46. The predicted octanol–water partition coefficient (Wildman–Crippen LogP) is 2.00. The van der Waals surface area contributed by atoms with E-state index in [1.165, 1.54) is 11.4 Å². The van der Waals surface area contributed by atoms with Gasteiger partial charge in [0, 0.05) is 51.3 Å². The second kappa shape index (κ2) is 7.33. The number of anilines is 2. The molecule has 0 radical (unpaired) electrons. The fraction of sp³-hybridized carbons (Fsp3) is 0.389. The van der Waals surface area contributed by atoms with Crippen LogP contribution in [0.15, 0.2) is 48.8 Å². The number of pyridine rings is 1. The standard InChI is InChI=1S/C18H24N4O/c1-21(2)15-5-7-16(8-6-15)22-11-10-20-12-17(22)14-23-18-4-3-9-19-13-18/h3-9,13,17,20H,10-12,14H2,1-2H3. The summed E-state index contributed by atoms with van der Waals surface area (Å²) in [5.74, 6) is 0.820. The number of hydrogen-bond donors (Lipinski definition) is 1. The number of nitrogens with zero attached hydrogens (tertiary/aromatic N) is 3. The largest absolute Gasteiger partial charge is 0.490 e. The Morgan fingerprint density at radius 2 is 2.09 bits per heavy atom. The molecule has 1 aliphatic heterocycles. The first kappa shape index (κ1) is 15.6. The van der Waals surface area contributed by atoms with Crippen LogP contribution in [0.3, 0.4) is 0 Å². The Morgan fingerprint density at radius 1 is 1.26 bits per heavy atom. The highest BCUT2D eigenvalue weighted by Crippen LogP contribution is 2.22. The minimum Gasteiger partial charge on any atom is -0.490 e. The zero-order chi connectivity index (χ0) is 16.1. The summed E-state index contributed by atoms with van der Waals surface area (Å²) < 4.78 is 5.91. The zero-order valence-electron chi connectivity index (χ0n) is 13.8. The first-order chi connectivity index (χ1) is 11.2. The third-order valence-electron chi connectivity index (χ3n) is 4.12. The SMILES string of the molecule is CN(C)c1ccc(N2CCNCC2COc2cccnc2)cc1. The highest BCUT2D eigenvalue weighted by atomic mass is 16.5. The van der Waals surface area contributed by atoms with Crippen molar-refractivity contribution in [3.63, 3.8) is 0 Å². The molecule has 1 aliphatic rings. The van der Waals surface area contributed by atoms with Gasteiger partial charge in [-0.1, -0.05) is 0 Å². The van der Waals surface area contributed by atoms with E-state index in [-0.39, 0.29) is 0 Å². The van der Waals surface area contributed by atoms with Crippen molar-refractivity contribution in [1.82, 2.24) is 10.3 Å². The van der Waals surface area contributed by atoms with Crippen molar-refractivity contribution in [3.8, 4) is 5.75 Å². The Balaban J connectivity index is 1.68. The Kier molecular flexibility index (Phi) is 4.98. The van der Waals surface area contributed by atoms with Gasteiger partial charge in [-0.15, -0.1) is 0 Å². The topological polar surface area (TPSA) is 40.6 Å². The fourth-order valence-electron chi connectivity index (χ4n) is 2.82. The van der Waals surface area contributed by atoms with Crippen molar-refractivity contribution in [1.29, 1.82) is 0 Å². The lowest BCUT2D eigenvalue weighted by atomic mass is 10.1. The smallest absolute Gasteiger partial charge is 0.137 e. The van der Waals surface area contributed by atoms with Crippen LogP contribution < -0.4 is 19.9 Å². The maximum atomic E-state index is 5.91. The van der Waals surface area contributed by atoms with Gasteiger partial charge < -0.3 is 19.9 Å². The van der Waals surface area contributed by atoms with Crippen molar-refractivity contribution in [2.45, 2.75) is 6.04 Å². The molecule has 0 aliphatic carbocycles. The fourth-order valence-corrected chi connectivity index (χ4v) is 2.82. The Labute approximate surface area is 137 Å². The van der Waals surface area contributed by atoms with E-state index in [0.717, 1.165) is 25.4 Å². The van der Waals surface area contributed by atoms with Gasteiger partial charge in [0.1, 0.15) is 12.4 Å². The Hall–Kier alpha value is -2.27. The molecule has 1 aromatic carbocycles. The molecule has 0 bridgehead atoms. The molecular weight excluding hydrogens is 288 g/mol. The molecule has 2 aromatic rings.